The number of nitrogens with one attached hydrogen (secondary N) is 1. The minimum atomic E-state index is -0.0542. The van der Waals surface area contributed by atoms with Crippen molar-refractivity contribution < 1.29 is 9.59 Å². The Morgan fingerprint density at radius 1 is 1.00 bits per heavy atom. The third-order valence-electron chi connectivity index (χ3n) is 3.51. The van der Waals surface area contributed by atoms with Gasteiger partial charge in [0.05, 0.1) is 13.1 Å². The van der Waals surface area contributed by atoms with Crippen LogP contribution in [0.25, 0.3) is 0 Å². The average molecular weight is 320 g/mol. The van der Waals surface area contributed by atoms with Crippen LogP contribution in [0.2, 0.25) is 0 Å². The second-order valence-corrected chi connectivity index (χ2v) is 5.92. The topological polar surface area (TPSA) is 55.9 Å². The molecule has 1 N–H and O–H groups in total. The van der Waals surface area contributed by atoms with E-state index in [0.717, 1.165) is 13.0 Å². The fraction of sp³-hybridized carbons (Fsp3) is 0.529. The van der Waals surface area contributed by atoms with E-state index in [1.807, 2.05) is 25.2 Å². The standard InChI is InChI=1S/C17H28N4O2/c1-19(2)17(23)14-20(3)13-16(22)18-11-8-12-21(4)15-9-6-5-7-10-15/h5-7,9-10H,8,11-14H2,1-4H3,(H,18,22). The zero-order valence-electron chi connectivity index (χ0n) is 14.6. The van der Waals surface area contributed by atoms with Crippen molar-refractivity contribution >= 4 is 17.5 Å². The molecule has 0 fully saturated rings. The van der Waals surface area contributed by atoms with E-state index in [2.05, 4.69) is 22.3 Å². The molecule has 0 aromatic heterocycles. The molecule has 6 nitrogen and oxygen atoms in total. The van der Waals surface area contributed by atoms with Crippen molar-refractivity contribution in [2.75, 3.05) is 59.3 Å². The van der Waals surface area contributed by atoms with E-state index in [0.29, 0.717) is 6.54 Å². The maximum Gasteiger partial charge on any atom is 0.236 e. The summed E-state index contributed by atoms with van der Waals surface area (Å²) in [5.41, 5.74) is 1.17. The Balaban J connectivity index is 2.18. The molecule has 23 heavy (non-hydrogen) atoms. The molecule has 0 spiro atoms. The number of anilines is 1. The van der Waals surface area contributed by atoms with Crippen LogP contribution in [0.5, 0.6) is 0 Å². The zero-order chi connectivity index (χ0) is 17.2. The lowest BCUT2D eigenvalue weighted by Gasteiger charge is -2.20. The van der Waals surface area contributed by atoms with Gasteiger partial charge in [-0.15, -0.1) is 0 Å². The molecule has 1 rings (SSSR count). The van der Waals surface area contributed by atoms with Crippen molar-refractivity contribution in [1.82, 2.24) is 15.1 Å². The molecule has 0 saturated heterocycles. The van der Waals surface area contributed by atoms with E-state index < -0.39 is 0 Å². The quantitative estimate of drug-likeness (QED) is 0.679. The van der Waals surface area contributed by atoms with Crippen molar-refractivity contribution in [3.8, 4) is 0 Å². The highest BCUT2D eigenvalue weighted by Gasteiger charge is 2.11. The number of carbonyl (C=O) groups excluding carboxylic acids is 2. The lowest BCUT2D eigenvalue weighted by molar-refractivity contribution is -0.130. The number of likely N-dealkylation sites (N-methyl/N-ethyl adjacent to an activating group) is 2. The summed E-state index contributed by atoms with van der Waals surface area (Å²) in [6.07, 6.45) is 0.872. The summed E-state index contributed by atoms with van der Waals surface area (Å²) in [6, 6.07) is 10.1. The number of hydrogen-bond donors (Lipinski definition) is 1. The summed E-state index contributed by atoms with van der Waals surface area (Å²) in [6.45, 7) is 1.98. The van der Waals surface area contributed by atoms with E-state index in [9.17, 15) is 9.59 Å². The molecule has 1 aromatic carbocycles. The highest BCUT2D eigenvalue weighted by Crippen LogP contribution is 2.10. The van der Waals surface area contributed by atoms with Crippen LogP contribution in [0.3, 0.4) is 0 Å². The Bertz CT molecular complexity index is 491. The minimum absolute atomic E-state index is 0.00946. The molecule has 2 amide bonds. The predicted octanol–water partition coefficient (Wildman–Crippen LogP) is 0.649. The number of para-hydroxylation sites is 1. The first-order valence-corrected chi connectivity index (χ1v) is 7.81. The third kappa shape index (κ3) is 7.65. The van der Waals surface area contributed by atoms with Crippen molar-refractivity contribution in [3.05, 3.63) is 30.3 Å². The molecule has 1 aromatic rings. The van der Waals surface area contributed by atoms with Gasteiger partial charge in [0.15, 0.2) is 0 Å². The summed E-state index contributed by atoms with van der Waals surface area (Å²) in [5.74, 6) is -0.0637. The lowest BCUT2D eigenvalue weighted by Crippen LogP contribution is -2.41. The van der Waals surface area contributed by atoms with Gasteiger partial charge in [-0.2, -0.15) is 0 Å². The lowest BCUT2D eigenvalue weighted by atomic mass is 10.3. The normalized spacial score (nSPS) is 10.5. The van der Waals surface area contributed by atoms with Gasteiger partial charge in [-0.05, 0) is 25.6 Å². The number of nitrogens with zero attached hydrogens (tertiary/aromatic N) is 3. The summed E-state index contributed by atoms with van der Waals surface area (Å²) < 4.78 is 0. The Labute approximate surface area is 139 Å². The van der Waals surface area contributed by atoms with Crippen LogP contribution < -0.4 is 10.2 Å². The molecule has 0 atom stereocenters. The third-order valence-corrected chi connectivity index (χ3v) is 3.51. The Morgan fingerprint density at radius 3 is 2.26 bits per heavy atom. The number of benzene rings is 1. The van der Waals surface area contributed by atoms with E-state index in [1.165, 1.54) is 10.6 Å². The molecular weight excluding hydrogens is 292 g/mol. The molecular formula is C17H28N4O2. The highest BCUT2D eigenvalue weighted by molar-refractivity contribution is 5.80. The van der Waals surface area contributed by atoms with Crippen LogP contribution in [0, 0.1) is 0 Å². The Morgan fingerprint density at radius 2 is 1.65 bits per heavy atom. The molecule has 0 bridgehead atoms. The maximum atomic E-state index is 11.8. The molecule has 0 heterocycles. The van der Waals surface area contributed by atoms with Crippen molar-refractivity contribution in [3.63, 3.8) is 0 Å². The number of carbonyl (C=O) groups is 2. The average Bonchev–Trinajstić information content (AvgIpc) is 2.51. The molecule has 6 heteroatoms. The van der Waals surface area contributed by atoms with Gasteiger partial charge in [-0.3, -0.25) is 14.5 Å². The fourth-order valence-corrected chi connectivity index (χ4v) is 2.08. The second kappa shape index (κ2) is 9.84. The molecule has 0 saturated carbocycles. The van der Waals surface area contributed by atoms with Gasteiger partial charge in [0, 0.05) is 39.9 Å². The van der Waals surface area contributed by atoms with Gasteiger partial charge >= 0.3 is 0 Å². The molecule has 0 aliphatic heterocycles. The smallest absolute Gasteiger partial charge is 0.236 e. The van der Waals surface area contributed by atoms with Crippen molar-refractivity contribution in [2.24, 2.45) is 0 Å². The largest absolute Gasteiger partial charge is 0.375 e. The fourth-order valence-electron chi connectivity index (χ4n) is 2.08. The van der Waals surface area contributed by atoms with Crippen LogP contribution in [0.15, 0.2) is 30.3 Å². The van der Waals surface area contributed by atoms with Crippen molar-refractivity contribution in [2.45, 2.75) is 6.42 Å². The van der Waals surface area contributed by atoms with E-state index in [4.69, 9.17) is 0 Å². The van der Waals surface area contributed by atoms with Gasteiger partial charge in [0.25, 0.3) is 0 Å². The van der Waals surface area contributed by atoms with E-state index in [-0.39, 0.29) is 24.9 Å². The van der Waals surface area contributed by atoms with Crippen LogP contribution in [0.1, 0.15) is 6.42 Å². The van der Waals surface area contributed by atoms with Gasteiger partial charge < -0.3 is 15.1 Å². The molecule has 0 aliphatic rings. The summed E-state index contributed by atoms with van der Waals surface area (Å²) in [7, 11) is 7.22. The summed E-state index contributed by atoms with van der Waals surface area (Å²) in [5, 5.41) is 2.89. The predicted molar refractivity (Wildman–Crippen MR) is 93.5 cm³/mol. The first-order valence-electron chi connectivity index (χ1n) is 7.81. The van der Waals surface area contributed by atoms with Crippen LogP contribution in [0.4, 0.5) is 5.69 Å². The van der Waals surface area contributed by atoms with Gasteiger partial charge in [0.2, 0.25) is 11.8 Å². The molecule has 128 valence electrons. The number of hydrogen-bond acceptors (Lipinski definition) is 4. The van der Waals surface area contributed by atoms with Crippen LogP contribution in [-0.2, 0) is 9.59 Å². The van der Waals surface area contributed by atoms with Crippen molar-refractivity contribution in [1.29, 1.82) is 0 Å². The molecule has 0 unspecified atom stereocenters. The number of amides is 2. The minimum Gasteiger partial charge on any atom is -0.375 e. The van der Waals surface area contributed by atoms with E-state index >= 15 is 0 Å². The monoisotopic (exact) mass is 320 g/mol. The maximum absolute atomic E-state index is 11.8. The Kier molecular flexibility index (Phi) is 8.11. The summed E-state index contributed by atoms with van der Waals surface area (Å²) in [4.78, 5) is 28.8. The van der Waals surface area contributed by atoms with Gasteiger partial charge in [0.1, 0.15) is 0 Å². The number of rotatable bonds is 9. The second-order valence-electron chi connectivity index (χ2n) is 5.92. The molecule has 0 aliphatic carbocycles. The van der Waals surface area contributed by atoms with E-state index in [1.54, 1.807) is 26.0 Å². The molecule has 0 radical (unpaired) electrons. The Hall–Kier alpha value is -2.08. The van der Waals surface area contributed by atoms with Crippen LogP contribution in [-0.4, -0.2) is 76.0 Å². The van der Waals surface area contributed by atoms with Crippen LogP contribution >= 0.6 is 0 Å². The zero-order valence-corrected chi connectivity index (χ0v) is 14.6. The SMILES string of the molecule is CN(CC(=O)NCCCN(C)c1ccccc1)CC(=O)N(C)C. The first kappa shape index (κ1) is 19.0. The van der Waals surface area contributed by atoms with Gasteiger partial charge in [-0.25, -0.2) is 0 Å². The highest BCUT2D eigenvalue weighted by atomic mass is 16.2. The first-order chi connectivity index (χ1) is 10.9. The summed E-state index contributed by atoms with van der Waals surface area (Å²) >= 11 is 0. The van der Waals surface area contributed by atoms with Gasteiger partial charge in [-0.1, -0.05) is 18.2 Å².